The van der Waals surface area contributed by atoms with Crippen LogP contribution in [0.1, 0.15) is 37.7 Å². The number of benzene rings is 1. The quantitative estimate of drug-likeness (QED) is 0.845. The lowest BCUT2D eigenvalue weighted by molar-refractivity contribution is -0.0170. The Balaban J connectivity index is 2.06. The van der Waals surface area contributed by atoms with Crippen molar-refractivity contribution in [1.29, 1.82) is 0 Å². The second kappa shape index (κ2) is 5.69. The van der Waals surface area contributed by atoms with Crippen molar-refractivity contribution < 1.29 is 9.47 Å². The van der Waals surface area contributed by atoms with Gasteiger partial charge >= 0.3 is 5.69 Å². The normalized spacial score (nSPS) is 14.5. The molecule has 124 valence electrons. The highest BCUT2D eigenvalue weighted by Crippen LogP contribution is 2.32. The van der Waals surface area contributed by atoms with E-state index in [0.29, 0.717) is 24.0 Å². The first kappa shape index (κ1) is 16.1. The van der Waals surface area contributed by atoms with Gasteiger partial charge in [-0.25, -0.2) is 9.48 Å². The van der Waals surface area contributed by atoms with Gasteiger partial charge in [0.15, 0.2) is 6.79 Å². The van der Waals surface area contributed by atoms with Crippen molar-refractivity contribution in [3.05, 3.63) is 44.6 Å². The lowest BCUT2D eigenvalue weighted by Gasteiger charge is -2.21. The molecule has 1 aromatic carbocycles. The van der Waals surface area contributed by atoms with Gasteiger partial charge < -0.3 is 9.47 Å². The summed E-state index contributed by atoms with van der Waals surface area (Å²) in [6.07, 6.45) is 0. The van der Waals surface area contributed by atoms with Crippen LogP contribution >= 0.6 is 11.6 Å². The molecule has 2 heterocycles. The molecule has 0 radical (unpaired) electrons. The molecule has 1 aromatic heterocycles. The molecule has 0 atom stereocenters. The molecule has 0 N–H and O–H groups in total. The second-order valence-corrected chi connectivity index (χ2v) is 7.10. The van der Waals surface area contributed by atoms with Gasteiger partial charge in [-0.2, -0.15) is 5.10 Å². The fraction of sp³-hybridized carbons (Fsp3) is 0.500. The number of hydrogen-bond donors (Lipinski definition) is 0. The molecule has 7 heteroatoms. The molecule has 0 bridgehead atoms. The van der Waals surface area contributed by atoms with Crippen LogP contribution in [0.2, 0.25) is 5.02 Å². The predicted octanol–water partition coefficient (Wildman–Crippen LogP) is 2.68. The summed E-state index contributed by atoms with van der Waals surface area (Å²) >= 11 is 6.19. The SMILES string of the molecule is Cc1nn(C(C)(C)C)c(=O)n1Cc1cc(Cl)cc2c1OCOC2. The Kier molecular flexibility index (Phi) is 3.98. The van der Waals surface area contributed by atoms with Crippen LogP contribution in [0.25, 0.3) is 0 Å². The Labute approximate surface area is 139 Å². The Bertz CT molecular complexity index is 802. The summed E-state index contributed by atoms with van der Waals surface area (Å²) in [5.74, 6) is 1.40. The van der Waals surface area contributed by atoms with Gasteiger partial charge in [0.1, 0.15) is 11.6 Å². The standard InChI is InChI=1S/C16H20ClN3O3/c1-10-18-20(16(2,3)4)15(21)19(10)7-11-5-13(17)6-12-8-22-9-23-14(11)12/h5-6H,7-9H2,1-4H3. The molecule has 1 aliphatic rings. The van der Waals surface area contributed by atoms with E-state index in [1.165, 1.54) is 4.68 Å². The molecule has 6 nitrogen and oxygen atoms in total. The van der Waals surface area contributed by atoms with E-state index in [9.17, 15) is 4.79 Å². The minimum Gasteiger partial charge on any atom is -0.467 e. The zero-order valence-corrected chi connectivity index (χ0v) is 14.5. The number of aryl methyl sites for hydroxylation is 1. The predicted molar refractivity (Wildman–Crippen MR) is 87.1 cm³/mol. The van der Waals surface area contributed by atoms with Gasteiger partial charge in [-0.05, 0) is 39.8 Å². The first-order valence-corrected chi connectivity index (χ1v) is 7.84. The molecule has 0 aliphatic carbocycles. The summed E-state index contributed by atoms with van der Waals surface area (Å²) in [6.45, 7) is 8.70. The summed E-state index contributed by atoms with van der Waals surface area (Å²) in [5.41, 5.74) is 1.24. The lowest BCUT2D eigenvalue weighted by Crippen LogP contribution is -2.36. The van der Waals surface area contributed by atoms with Crippen LogP contribution in [0.4, 0.5) is 0 Å². The molecule has 0 fully saturated rings. The van der Waals surface area contributed by atoms with Crippen molar-refractivity contribution in [2.24, 2.45) is 0 Å². The molecule has 3 rings (SSSR count). The fourth-order valence-corrected chi connectivity index (χ4v) is 2.92. The van der Waals surface area contributed by atoms with Crippen LogP contribution in [0.5, 0.6) is 5.75 Å². The molecule has 0 amide bonds. The first-order chi connectivity index (χ1) is 10.8. The van der Waals surface area contributed by atoms with Crippen molar-refractivity contribution in [3.8, 4) is 5.75 Å². The van der Waals surface area contributed by atoms with E-state index >= 15 is 0 Å². The molecule has 2 aromatic rings. The van der Waals surface area contributed by atoms with Crippen molar-refractivity contribution in [1.82, 2.24) is 14.3 Å². The zero-order valence-electron chi connectivity index (χ0n) is 13.7. The average molecular weight is 338 g/mol. The van der Waals surface area contributed by atoms with Gasteiger partial charge in [-0.1, -0.05) is 11.6 Å². The van der Waals surface area contributed by atoms with Crippen LogP contribution in [0.3, 0.4) is 0 Å². The monoisotopic (exact) mass is 337 g/mol. The van der Waals surface area contributed by atoms with E-state index in [2.05, 4.69) is 5.10 Å². The highest BCUT2D eigenvalue weighted by Gasteiger charge is 2.23. The van der Waals surface area contributed by atoms with E-state index in [1.807, 2.05) is 39.8 Å². The van der Waals surface area contributed by atoms with Crippen LogP contribution in [-0.4, -0.2) is 21.1 Å². The van der Waals surface area contributed by atoms with E-state index in [0.717, 1.165) is 16.9 Å². The smallest absolute Gasteiger partial charge is 0.346 e. The third-order valence-corrected chi connectivity index (χ3v) is 3.98. The van der Waals surface area contributed by atoms with E-state index in [4.69, 9.17) is 21.1 Å². The summed E-state index contributed by atoms with van der Waals surface area (Å²) in [5, 5.41) is 4.98. The maximum Gasteiger partial charge on any atom is 0.346 e. The Morgan fingerprint density at radius 1 is 1.35 bits per heavy atom. The van der Waals surface area contributed by atoms with Crippen molar-refractivity contribution in [2.45, 2.75) is 46.4 Å². The van der Waals surface area contributed by atoms with E-state index in [-0.39, 0.29) is 18.0 Å². The Morgan fingerprint density at radius 3 is 2.74 bits per heavy atom. The zero-order chi connectivity index (χ0) is 16.8. The number of rotatable bonds is 2. The second-order valence-electron chi connectivity index (χ2n) is 6.66. The number of halogens is 1. The van der Waals surface area contributed by atoms with Gasteiger partial charge in [-0.3, -0.25) is 4.57 Å². The van der Waals surface area contributed by atoms with Crippen molar-refractivity contribution in [2.75, 3.05) is 6.79 Å². The molecule has 0 saturated carbocycles. The number of aromatic nitrogens is 3. The summed E-state index contributed by atoms with van der Waals surface area (Å²) in [4.78, 5) is 12.7. The van der Waals surface area contributed by atoms with Crippen LogP contribution < -0.4 is 10.4 Å². The number of nitrogens with zero attached hydrogens (tertiary/aromatic N) is 3. The van der Waals surface area contributed by atoms with E-state index < -0.39 is 0 Å². The third-order valence-electron chi connectivity index (χ3n) is 3.76. The first-order valence-electron chi connectivity index (χ1n) is 7.46. The number of hydrogen-bond acceptors (Lipinski definition) is 4. The van der Waals surface area contributed by atoms with Crippen LogP contribution in [0.15, 0.2) is 16.9 Å². The topological polar surface area (TPSA) is 58.3 Å². The highest BCUT2D eigenvalue weighted by atomic mass is 35.5. The maximum absolute atomic E-state index is 12.7. The van der Waals surface area contributed by atoms with Gasteiger partial charge in [0.2, 0.25) is 0 Å². The fourth-order valence-electron chi connectivity index (χ4n) is 2.66. The molecule has 23 heavy (non-hydrogen) atoms. The molecular weight excluding hydrogens is 318 g/mol. The van der Waals surface area contributed by atoms with Gasteiger partial charge in [0, 0.05) is 16.1 Å². The lowest BCUT2D eigenvalue weighted by atomic mass is 10.1. The highest BCUT2D eigenvalue weighted by molar-refractivity contribution is 6.30. The number of fused-ring (bicyclic) bond motifs is 1. The molecular formula is C16H20ClN3O3. The van der Waals surface area contributed by atoms with E-state index in [1.54, 1.807) is 4.57 Å². The summed E-state index contributed by atoms with van der Waals surface area (Å²) in [7, 11) is 0. The molecule has 0 unspecified atom stereocenters. The third kappa shape index (κ3) is 3.01. The number of ether oxygens (including phenoxy) is 2. The summed E-state index contributed by atoms with van der Waals surface area (Å²) in [6, 6.07) is 3.65. The maximum atomic E-state index is 12.7. The average Bonchev–Trinajstić information content (AvgIpc) is 2.75. The molecule has 1 aliphatic heterocycles. The van der Waals surface area contributed by atoms with Gasteiger partial charge in [0.05, 0.1) is 18.7 Å². The van der Waals surface area contributed by atoms with Gasteiger partial charge in [0.25, 0.3) is 0 Å². The Morgan fingerprint density at radius 2 is 2.09 bits per heavy atom. The van der Waals surface area contributed by atoms with Gasteiger partial charge in [-0.15, -0.1) is 0 Å². The van der Waals surface area contributed by atoms with Crippen LogP contribution in [0, 0.1) is 6.92 Å². The molecule has 0 saturated heterocycles. The summed E-state index contributed by atoms with van der Waals surface area (Å²) < 4.78 is 14.0. The minimum atomic E-state index is -0.370. The largest absolute Gasteiger partial charge is 0.467 e. The Hall–Kier alpha value is -1.79. The van der Waals surface area contributed by atoms with Crippen molar-refractivity contribution >= 4 is 11.6 Å². The minimum absolute atomic E-state index is 0.143. The van der Waals surface area contributed by atoms with Crippen molar-refractivity contribution in [3.63, 3.8) is 0 Å². The van der Waals surface area contributed by atoms with Crippen LogP contribution in [-0.2, 0) is 23.4 Å². The molecule has 0 spiro atoms.